The van der Waals surface area contributed by atoms with Crippen molar-refractivity contribution in [2.24, 2.45) is 0 Å². The van der Waals surface area contributed by atoms with Gasteiger partial charge in [-0.1, -0.05) is 0 Å². The molecule has 21 heavy (non-hydrogen) atoms. The van der Waals surface area contributed by atoms with Gasteiger partial charge < -0.3 is 14.5 Å². The molecule has 0 unspecified atom stereocenters. The maximum absolute atomic E-state index is 11.9. The van der Waals surface area contributed by atoms with E-state index in [-0.39, 0.29) is 0 Å². The van der Waals surface area contributed by atoms with Crippen molar-refractivity contribution in [2.75, 3.05) is 44.3 Å². The van der Waals surface area contributed by atoms with Crippen molar-refractivity contribution in [2.45, 2.75) is 6.18 Å². The highest BCUT2D eigenvalue weighted by atomic mass is 19.4. The number of ether oxygens (including phenoxy) is 1. The van der Waals surface area contributed by atoms with Crippen LogP contribution in [-0.2, 0) is 9.53 Å². The fourth-order valence-electron chi connectivity index (χ4n) is 1.96. The second-order valence-electron chi connectivity index (χ2n) is 4.52. The van der Waals surface area contributed by atoms with Gasteiger partial charge in [-0.25, -0.2) is 9.97 Å². The third-order valence-electron chi connectivity index (χ3n) is 2.96. The predicted octanol–water partition coefficient (Wildman–Crippen LogP) is 0.704. The standard InChI is InChI=1S/C12H15F3N4O2/c13-12(14,15)9-21-8-10(20)18-4-6-19(7-5-18)11-16-2-1-3-17-11/h1-3H,4-9H2. The van der Waals surface area contributed by atoms with Gasteiger partial charge in [0.15, 0.2) is 0 Å². The van der Waals surface area contributed by atoms with Crippen LogP contribution >= 0.6 is 0 Å². The summed E-state index contributed by atoms with van der Waals surface area (Å²) in [6.45, 7) is -0.0686. The fourth-order valence-corrected chi connectivity index (χ4v) is 1.96. The van der Waals surface area contributed by atoms with Crippen molar-refractivity contribution in [3.63, 3.8) is 0 Å². The smallest absolute Gasteiger partial charge is 0.362 e. The highest BCUT2D eigenvalue weighted by Crippen LogP contribution is 2.14. The molecule has 1 aliphatic rings. The number of anilines is 1. The van der Waals surface area contributed by atoms with Crippen LogP contribution in [0, 0.1) is 0 Å². The lowest BCUT2D eigenvalue weighted by Crippen LogP contribution is -2.50. The molecule has 0 atom stereocenters. The molecule has 1 saturated heterocycles. The molecule has 0 N–H and O–H groups in total. The lowest BCUT2D eigenvalue weighted by Gasteiger charge is -2.34. The Balaban J connectivity index is 1.75. The van der Waals surface area contributed by atoms with Gasteiger partial charge in [0.05, 0.1) is 0 Å². The van der Waals surface area contributed by atoms with Gasteiger partial charge in [-0.05, 0) is 6.07 Å². The van der Waals surface area contributed by atoms with Crippen molar-refractivity contribution in [1.82, 2.24) is 14.9 Å². The summed E-state index contributed by atoms with van der Waals surface area (Å²) in [5.74, 6) is 0.144. The zero-order chi connectivity index (χ0) is 15.3. The Morgan fingerprint density at radius 3 is 2.38 bits per heavy atom. The molecule has 1 fully saturated rings. The molecule has 6 nitrogen and oxygen atoms in total. The number of hydrogen-bond donors (Lipinski definition) is 0. The van der Waals surface area contributed by atoms with Crippen LogP contribution in [0.4, 0.5) is 19.1 Å². The minimum absolute atomic E-state index is 0.409. The molecule has 0 aliphatic carbocycles. The third-order valence-corrected chi connectivity index (χ3v) is 2.96. The first-order valence-electron chi connectivity index (χ1n) is 6.40. The molecular weight excluding hydrogens is 289 g/mol. The summed E-state index contributed by atoms with van der Waals surface area (Å²) in [5.41, 5.74) is 0. The molecule has 0 radical (unpaired) electrons. The van der Waals surface area contributed by atoms with Gasteiger partial charge in [0, 0.05) is 38.6 Å². The number of aromatic nitrogens is 2. The first-order valence-corrected chi connectivity index (χ1v) is 6.40. The molecule has 0 saturated carbocycles. The Morgan fingerprint density at radius 2 is 1.81 bits per heavy atom. The van der Waals surface area contributed by atoms with Crippen molar-refractivity contribution < 1.29 is 22.7 Å². The predicted molar refractivity (Wildman–Crippen MR) is 67.7 cm³/mol. The van der Waals surface area contributed by atoms with E-state index in [2.05, 4.69) is 14.7 Å². The highest BCUT2D eigenvalue weighted by Gasteiger charge is 2.29. The van der Waals surface area contributed by atoms with Gasteiger partial charge in [-0.3, -0.25) is 4.79 Å². The van der Waals surface area contributed by atoms with Crippen molar-refractivity contribution in [1.29, 1.82) is 0 Å². The van der Waals surface area contributed by atoms with E-state index in [9.17, 15) is 18.0 Å². The molecule has 9 heteroatoms. The maximum atomic E-state index is 11.9. The molecule has 1 aliphatic heterocycles. The minimum atomic E-state index is -4.41. The van der Waals surface area contributed by atoms with Gasteiger partial charge in [0.1, 0.15) is 13.2 Å². The van der Waals surface area contributed by atoms with Crippen molar-refractivity contribution >= 4 is 11.9 Å². The minimum Gasteiger partial charge on any atom is -0.362 e. The maximum Gasteiger partial charge on any atom is 0.411 e. The summed E-state index contributed by atoms with van der Waals surface area (Å²) in [5, 5.41) is 0. The second-order valence-corrected chi connectivity index (χ2v) is 4.52. The van der Waals surface area contributed by atoms with Crippen LogP contribution in [0.1, 0.15) is 0 Å². The number of nitrogens with zero attached hydrogens (tertiary/aromatic N) is 4. The van der Waals surface area contributed by atoms with Crippen molar-refractivity contribution in [3.05, 3.63) is 18.5 Å². The molecule has 0 aromatic carbocycles. The van der Waals surface area contributed by atoms with Gasteiger partial charge >= 0.3 is 6.18 Å². The van der Waals surface area contributed by atoms with E-state index >= 15 is 0 Å². The first kappa shape index (κ1) is 15.5. The summed E-state index contributed by atoms with van der Waals surface area (Å²) in [4.78, 5) is 23.3. The summed E-state index contributed by atoms with van der Waals surface area (Å²) < 4.78 is 40.1. The Labute approximate surface area is 119 Å². The van der Waals surface area contributed by atoms with E-state index in [1.54, 1.807) is 18.5 Å². The van der Waals surface area contributed by atoms with E-state index in [1.807, 2.05) is 4.90 Å². The van der Waals surface area contributed by atoms with Gasteiger partial charge in [-0.15, -0.1) is 0 Å². The fraction of sp³-hybridized carbons (Fsp3) is 0.583. The van der Waals surface area contributed by atoms with Crippen LogP contribution in [0.5, 0.6) is 0 Å². The first-order chi connectivity index (χ1) is 9.96. The number of rotatable bonds is 4. The quantitative estimate of drug-likeness (QED) is 0.820. The summed E-state index contributed by atoms with van der Waals surface area (Å²) in [7, 11) is 0. The molecule has 1 aromatic heterocycles. The van der Waals surface area contributed by atoms with Crippen molar-refractivity contribution in [3.8, 4) is 0 Å². The van der Waals surface area contributed by atoms with Crippen LogP contribution < -0.4 is 4.90 Å². The molecule has 1 aromatic rings. The van der Waals surface area contributed by atoms with Gasteiger partial charge in [-0.2, -0.15) is 13.2 Å². The Bertz CT molecular complexity index is 461. The lowest BCUT2D eigenvalue weighted by molar-refractivity contribution is -0.177. The van der Waals surface area contributed by atoms with Gasteiger partial charge in [0.25, 0.3) is 0 Å². The van der Waals surface area contributed by atoms with E-state index in [1.165, 1.54) is 4.90 Å². The molecule has 2 heterocycles. The molecule has 116 valence electrons. The highest BCUT2D eigenvalue weighted by molar-refractivity contribution is 5.77. The van der Waals surface area contributed by atoms with E-state index in [0.29, 0.717) is 32.1 Å². The summed E-state index contributed by atoms with van der Waals surface area (Å²) in [6.07, 6.45) is -1.15. The SMILES string of the molecule is O=C(COCC(F)(F)F)N1CCN(c2ncccn2)CC1. The Kier molecular flexibility index (Phi) is 4.94. The van der Waals surface area contributed by atoms with E-state index in [4.69, 9.17) is 0 Å². The molecule has 0 bridgehead atoms. The lowest BCUT2D eigenvalue weighted by atomic mass is 10.3. The Morgan fingerprint density at radius 1 is 1.19 bits per heavy atom. The van der Waals surface area contributed by atoms with Crippen LogP contribution in [0.3, 0.4) is 0 Å². The van der Waals surface area contributed by atoms with Crippen LogP contribution in [0.2, 0.25) is 0 Å². The number of piperazine rings is 1. The van der Waals surface area contributed by atoms with Crippen LogP contribution in [0.15, 0.2) is 18.5 Å². The molecular formula is C12H15F3N4O2. The molecule has 0 spiro atoms. The van der Waals surface area contributed by atoms with Crippen LogP contribution in [-0.4, -0.2) is 66.3 Å². The summed E-state index contributed by atoms with van der Waals surface area (Å²) in [6, 6.07) is 1.71. The zero-order valence-electron chi connectivity index (χ0n) is 11.2. The third kappa shape index (κ3) is 4.85. The number of carbonyl (C=O) groups is 1. The average molecular weight is 304 g/mol. The number of halogens is 3. The topological polar surface area (TPSA) is 58.6 Å². The number of hydrogen-bond acceptors (Lipinski definition) is 5. The largest absolute Gasteiger partial charge is 0.411 e. The van der Waals surface area contributed by atoms with Crippen LogP contribution in [0.25, 0.3) is 0 Å². The number of amides is 1. The van der Waals surface area contributed by atoms with Gasteiger partial charge in [0.2, 0.25) is 11.9 Å². The number of alkyl halides is 3. The molecule has 2 rings (SSSR count). The van der Waals surface area contributed by atoms with E-state index in [0.717, 1.165) is 0 Å². The second kappa shape index (κ2) is 6.70. The zero-order valence-corrected chi connectivity index (χ0v) is 11.2. The number of carbonyl (C=O) groups excluding carboxylic acids is 1. The normalized spacial score (nSPS) is 16.1. The Hall–Kier alpha value is -1.90. The summed E-state index contributed by atoms with van der Waals surface area (Å²) >= 11 is 0. The molecule has 1 amide bonds. The monoisotopic (exact) mass is 304 g/mol. The van der Waals surface area contributed by atoms with E-state index < -0.39 is 25.3 Å². The average Bonchev–Trinajstić information content (AvgIpc) is 2.47.